The highest BCUT2D eigenvalue weighted by Crippen LogP contribution is 2.16. The fraction of sp³-hybridized carbons (Fsp3) is 0.222. The van der Waals surface area contributed by atoms with E-state index in [0.29, 0.717) is 16.7 Å². The normalized spacial score (nSPS) is 10.2. The Labute approximate surface area is 124 Å². The van der Waals surface area contributed by atoms with Gasteiger partial charge in [0.05, 0.1) is 12.2 Å². The van der Waals surface area contributed by atoms with Crippen molar-refractivity contribution in [2.45, 2.75) is 20.3 Å². The average Bonchev–Trinajstić information content (AvgIpc) is 2.54. The summed E-state index contributed by atoms with van der Waals surface area (Å²) < 4.78 is 5.00. The Morgan fingerprint density at radius 3 is 2.10 bits per heavy atom. The molecule has 0 fully saturated rings. The molecule has 2 rings (SSSR count). The van der Waals surface area contributed by atoms with Crippen LogP contribution in [0.15, 0.2) is 48.5 Å². The molecule has 0 bridgehead atoms. The second kappa shape index (κ2) is 6.84. The third-order valence-electron chi connectivity index (χ3n) is 3.29. The summed E-state index contributed by atoms with van der Waals surface area (Å²) in [6.07, 6.45) is 0.924. The molecule has 2 aromatic rings. The van der Waals surface area contributed by atoms with Crippen LogP contribution in [0.1, 0.15) is 45.7 Å². The third kappa shape index (κ3) is 3.37. The van der Waals surface area contributed by atoms with Crippen molar-refractivity contribution in [3.63, 3.8) is 0 Å². The number of carbonyl (C=O) groups excluding carboxylic acids is 2. The van der Waals surface area contributed by atoms with E-state index in [9.17, 15) is 9.59 Å². The van der Waals surface area contributed by atoms with Crippen LogP contribution in [0.3, 0.4) is 0 Å². The minimum atomic E-state index is -0.466. The lowest BCUT2D eigenvalue weighted by Gasteiger charge is -2.08. The summed E-state index contributed by atoms with van der Waals surface area (Å²) in [7, 11) is 0. The van der Waals surface area contributed by atoms with Gasteiger partial charge in [0.25, 0.3) is 0 Å². The van der Waals surface area contributed by atoms with Crippen LogP contribution in [0, 0.1) is 0 Å². The molecule has 2 aromatic carbocycles. The van der Waals surface area contributed by atoms with Crippen LogP contribution < -0.4 is 0 Å². The lowest BCUT2D eigenvalue weighted by molar-refractivity contribution is 0.0523. The molecule has 0 N–H and O–H groups in total. The van der Waals surface area contributed by atoms with Crippen LogP contribution >= 0.6 is 0 Å². The Bertz CT molecular complexity index is 642. The molecule has 0 spiro atoms. The number of benzene rings is 2. The molecule has 0 saturated carbocycles. The van der Waals surface area contributed by atoms with E-state index < -0.39 is 5.97 Å². The molecular weight excluding hydrogens is 264 g/mol. The third-order valence-corrected chi connectivity index (χ3v) is 3.29. The Morgan fingerprint density at radius 1 is 0.905 bits per heavy atom. The van der Waals surface area contributed by atoms with E-state index in [4.69, 9.17) is 4.74 Å². The van der Waals surface area contributed by atoms with E-state index in [1.807, 2.05) is 12.1 Å². The number of hydrogen-bond donors (Lipinski definition) is 0. The molecule has 0 aliphatic rings. The molecule has 0 aliphatic carbocycles. The first-order chi connectivity index (χ1) is 10.2. The molecule has 0 aliphatic heterocycles. The topological polar surface area (TPSA) is 43.4 Å². The van der Waals surface area contributed by atoms with Crippen molar-refractivity contribution in [1.29, 1.82) is 0 Å². The van der Waals surface area contributed by atoms with Crippen LogP contribution in [0.4, 0.5) is 0 Å². The monoisotopic (exact) mass is 282 g/mol. The smallest absolute Gasteiger partial charge is 0.338 e. The highest BCUT2D eigenvalue weighted by Gasteiger charge is 2.18. The molecule has 0 amide bonds. The molecule has 3 heteroatoms. The van der Waals surface area contributed by atoms with Gasteiger partial charge in [-0.25, -0.2) is 4.79 Å². The van der Waals surface area contributed by atoms with Crippen molar-refractivity contribution in [3.8, 4) is 0 Å². The van der Waals surface area contributed by atoms with Crippen molar-refractivity contribution < 1.29 is 14.3 Å². The van der Waals surface area contributed by atoms with Gasteiger partial charge in [0.2, 0.25) is 0 Å². The molecular formula is C18H18O3. The zero-order valence-corrected chi connectivity index (χ0v) is 12.3. The minimum absolute atomic E-state index is 0.165. The largest absolute Gasteiger partial charge is 0.462 e. The maximum atomic E-state index is 12.6. The number of esters is 1. The Hall–Kier alpha value is -2.42. The van der Waals surface area contributed by atoms with E-state index in [0.717, 1.165) is 6.42 Å². The number of hydrogen-bond acceptors (Lipinski definition) is 3. The minimum Gasteiger partial charge on any atom is -0.462 e. The van der Waals surface area contributed by atoms with Gasteiger partial charge in [-0.1, -0.05) is 49.4 Å². The number of rotatable bonds is 5. The first-order valence-corrected chi connectivity index (χ1v) is 7.07. The summed E-state index contributed by atoms with van der Waals surface area (Å²) in [5.74, 6) is -0.632. The van der Waals surface area contributed by atoms with Gasteiger partial charge in [0.15, 0.2) is 5.78 Å². The second-order valence-electron chi connectivity index (χ2n) is 4.65. The standard InChI is InChI=1S/C18H18O3/c1-3-13-9-11-14(12-10-13)17(19)15-7-5-6-8-16(15)18(20)21-4-2/h5-12H,3-4H2,1-2H3. The van der Waals surface area contributed by atoms with E-state index >= 15 is 0 Å². The van der Waals surface area contributed by atoms with Crippen molar-refractivity contribution in [3.05, 3.63) is 70.8 Å². The lowest BCUT2D eigenvalue weighted by atomic mass is 9.97. The predicted molar refractivity (Wildman–Crippen MR) is 81.7 cm³/mol. The van der Waals surface area contributed by atoms with Gasteiger partial charge in [0, 0.05) is 11.1 Å². The van der Waals surface area contributed by atoms with Gasteiger partial charge in [-0.3, -0.25) is 4.79 Å². The van der Waals surface area contributed by atoms with Gasteiger partial charge < -0.3 is 4.74 Å². The van der Waals surface area contributed by atoms with Crippen LogP contribution in [0.2, 0.25) is 0 Å². The molecule has 0 saturated heterocycles. The fourth-order valence-corrected chi connectivity index (χ4v) is 2.12. The highest BCUT2D eigenvalue weighted by atomic mass is 16.5. The van der Waals surface area contributed by atoms with Gasteiger partial charge in [-0.2, -0.15) is 0 Å². The average molecular weight is 282 g/mol. The summed E-state index contributed by atoms with van der Waals surface area (Å²) in [5, 5.41) is 0. The van der Waals surface area contributed by atoms with Gasteiger partial charge in [0.1, 0.15) is 0 Å². The quantitative estimate of drug-likeness (QED) is 0.621. The summed E-state index contributed by atoms with van der Waals surface area (Å²) in [5.41, 5.74) is 2.43. The summed E-state index contributed by atoms with van der Waals surface area (Å²) >= 11 is 0. The van der Waals surface area contributed by atoms with Crippen molar-refractivity contribution >= 4 is 11.8 Å². The predicted octanol–water partition coefficient (Wildman–Crippen LogP) is 3.66. The summed E-state index contributed by atoms with van der Waals surface area (Å²) in [6.45, 7) is 4.09. The van der Waals surface area contributed by atoms with Crippen molar-refractivity contribution in [2.75, 3.05) is 6.61 Å². The molecule has 0 heterocycles. The maximum Gasteiger partial charge on any atom is 0.338 e. The summed E-state index contributed by atoms with van der Waals surface area (Å²) in [4.78, 5) is 24.5. The number of aryl methyl sites for hydroxylation is 1. The maximum absolute atomic E-state index is 12.6. The SMILES string of the molecule is CCOC(=O)c1ccccc1C(=O)c1ccc(CC)cc1. The second-order valence-corrected chi connectivity index (χ2v) is 4.65. The molecule has 21 heavy (non-hydrogen) atoms. The van der Waals surface area contributed by atoms with Crippen LogP contribution in [0.5, 0.6) is 0 Å². The molecule has 0 aromatic heterocycles. The molecule has 0 atom stereocenters. The van der Waals surface area contributed by atoms with Gasteiger partial charge in [-0.05, 0) is 25.0 Å². The van der Waals surface area contributed by atoms with Crippen molar-refractivity contribution in [2.24, 2.45) is 0 Å². The van der Waals surface area contributed by atoms with E-state index in [2.05, 4.69) is 6.92 Å². The van der Waals surface area contributed by atoms with E-state index in [1.165, 1.54) is 5.56 Å². The van der Waals surface area contributed by atoms with Crippen LogP contribution in [-0.2, 0) is 11.2 Å². The number of ether oxygens (including phenoxy) is 1. The molecule has 0 unspecified atom stereocenters. The zero-order valence-electron chi connectivity index (χ0n) is 12.3. The zero-order chi connectivity index (χ0) is 15.2. The summed E-state index contributed by atoms with van der Waals surface area (Å²) in [6, 6.07) is 14.2. The highest BCUT2D eigenvalue weighted by molar-refractivity contribution is 6.14. The Kier molecular flexibility index (Phi) is 4.88. The number of carbonyl (C=O) groups is 2. The molecule has 0 radical (unpaired) electrons. The molecule has 3 nitrogen and oxygen atoms in total. The Morgan fingerprint density at radius 2 is 1.52 bits per heavy atom. The van der Waals surface area contributed by atoms with Crippen LogP contribution in [-0.4, -0.2) is 18.4 Å². The van der Waals surface area contributed by atoms with E-state index in [-0.39, 0.29) is 12.4 Å². The first kappa shape index (κ1) is 15.0. The lowest BCUT2D eigenvalue weighted by Crippen LogP contribution is -2.12. The van der Waals surface area contributed by atoms with Crippen LogP contribution in [0.25, 0.3) is 0 Å². The fourth-order valence-electron chi connectivity index (χ4n) is 2.12. The molecule has 108 valence electrons. The number of ketones is 1. The first-order valence-electron chi connectivity index (χ1n) is 7.07. The van der Waals surface area contributed by atoms with Crippen molar-refractivity contribution in [1.82, 2.24) is 0 Å². The van der Waals surface area contributed by atoms with Gasteiger partial charge in [-0.15, -0.1) is 0 Å². The van der Waals surface area contributed by atoms with E-state index in [1.54, 1.807) is 43.3 Å². The Balaban J connectivity index is 2.36. The van der Waals surface area contributed by atoms with Gasteiger partial charge >= 0.3 is 5.97 Å².